The lowest BCUT2D eigenvalue weighted by atomic mass is 10.1. The molecule has 0 unspecified atom stereocenters. The first-order valence-electron chi connectivity index (χ1n) is 11.2. The molecule has 186 valence electrons. The van der Waals surface area contributed by atoms with Gasteiger partial charge in [-0.3, -0.25) is 4.79 Å². The van der Waals surface area contributed by atoms with E-state index in [1.165, 1.54) is 0 Å². The second-order valence-electron chi connectivity index (χ2n) is 9.77. The maximum Gasteiger partial charge on any atom is 0.408 e. The smallest absolute Gasteiger partial charge is 0.408 e. The maximum atomic E-state index is 12.8. The molecule has 0 saturated heterocycles. The van der Waals surface area contributed by atoms with E-state index in [0.717, 1.165) is 11.1 Å². The fraction of sp³-hybridized carbons (Fsp3) is 0.625. The van der Waals surface area contributed by atoms with Crippen LogP contribution < -0.4 is 16.0 Å². The first kappa shape index (κ1) is 28.2. The van der Waals surface area contributed by atoms with Crippen LogP contribution in [0.3, 0.4) is 0 Å². The number of amides is 3. The van der Waals surface area contributed by atoms with Crippen molar-refractivity contribution in [3.8, 4) is 0 Å². The highest BCUT2D eigenvalue weighted by Gasteiger charge is 2.24. The molecule has 0 aliphatic heterocycles. The molecule has 9 nitrogen and oxygen atoms in total. The van der Waals surface area contributed by atoms with Gasteiger partial charge in [-0.05, 0) is 71.9 Å². The first-order chi connectivity index (χ1) is 15.3. The molecule has 1 rings (SSSR count). The Balaban J connectivity index is 2.63. The zero-order valence-corrected chi connectivity index (χ0v) is 20.6. The third-order valence-electron chi connectivity index (χ3n) is 4.34. The molecule has 3 amide bonds. The Morgan fingerprint density at radius 1 is 0.879 bits per heavy atom. The van der Waals surface area contributed by atoms with E-state index in [0.29, 0.717) is 25.8 Å². The average molecular weight is 466 g/mol. The Bertz CT molecular complexity index is 783. The fourth-order valence-corrected chi connectivity index (χ4v) is 2.89. The van der Waals surface area contributed by atoms with E-state index >= 15 is 0 Å². The number of aliphatic hydroxyl groups is 1. The van der Waals surface area contributed by atoms with Crippen LogP contribution >= 0.6 is 0 Å². The van der Waals surface area contributed by atoms with Crippen LogP contribution in [0.25, 0.3) is 0 Å². The topological polar surface area (TPSA) is 126 Å². The van der Waals surface area contributed by atoms with Crippen LogP contribution in [0.4, 0.5) is 9.59 Å². The summed E-state index contributed by atoms with van der Waals surface area (Å²) in [5.74, 6) is -0.353. The van der Waals surface area contributed by atoms with Crippen molar-refractivity contribution in [1.82, 2.24) is 16.0 Å². The van der Waals surface area contributed by atoms with E-state index < -0.39 is 29.4 Å². The van der Waals surface area contributed by atoms with Crippen LogP contribution in [0.15, 0.2) is 24.3 Å². The number of benzene rings is 1. The molecule has 0 aromatic heterocycles. The van der Waals surface area contributed by atoms with Crippen LogP contribution in [0, 0.1) is 0 Å². The van der Waals surface area contributed by atoms with Crippen LogP contribution in [-0.2, 0) is 27.4 Å². The van der Waals surface area contributed by atoms with Gasteiger partial charge in [-0.2, -0.15) is 0 Å². The SMILES string of the molecule is CC(C)(C)OC(=O)NCCCC[C@H](NC(=O)OC(C)(C)C)C(=O)NCc1ccccc1CO. The monoisotopic (exact) mass is 465 g/mol. The summed E-state index contributed by atoms with van der Waals surface area (Å²) in [5, 5.41) is 17.6. The number of rotatable bonds is 10. The zero-order chi connectivity index (χ0) is 25.1. The summed E-state index contributed by atoms with van der Waals surface area (Å²) in [5.41, 5.74) is 0.260. The molecule has 9 heteroatoms. The third-order valence-corrected chi connectivity index (χ3v) is 4.34. The Labute approximate surface area is 196 Å². The predicted molar refractivity (Wildman–Crippen MR) is 125 cm³/mol. The Hall–Kier alpha value is -2.81. The quantitative estimate of drug-likeness (QED) is 0.393. The van der Waals surface area contributed by atoms with Crippen molar-refractivity contribution in [2.24, 2.45) is 0 Å². The average Bonchev–Trinajstić information content (AvgIpc) is 2.68. The lowest BCUT2D eigenvalue weighted by molar-refractivity contribution is -0.123. The number of carbonyl (C=O) groups excluding carboxylic acids is 3. The summed E-state index contributed by atoms with van der Waals surface area (Å²) in [4.78, 5) is 36.8. The number of carbonyl (C=O) groups is 3. The zero-order valence-electron chi connectivity index (χ0n) is 20.6. The van der Waals surface area contributed by atoms with Crippen molar-refractivity contribution in [2.75, 3.05) is 6.54 Å². The van der Waals surface area contributed by atoms with Crippen LogP contribution in [0.1, 0.15) is 71.9 Å². The van der Waals surface area contributed by atoms with Crippen LogP contribution in [0.2, 0.25) is 0 Å². The molecule has 0 fully saturated rings. The van der Waals surface area contributed by atoms with Gasteiger partial charge in [-0.15, -0.1) is 0 Å². The molecule has 1 atom stereocenters. The molecular weight excluding hydrogens is 426 g/mol. The van der Waals surface area contributed by atoms with E-state index in [-0.39, 0.29) is 19.1 Å². The highest BCUT2D eigenvalue weighted by atomic mass is 16.6. The molecule has 0 saturated carbocycles. The molecule has 33 heavy (non-hydrogen) atoms. The van der Waals surface area contributed by atoms with Gasteiger partial charge in [0.1, 0.15) is 17.2 Å². The van der Waals surface area contributed by atoms with Gasteiger partial charge in [0.15, 0.2) is 0 Å². The highest BCUT2D eigenvalue weighted by Crippen LogP contribution is 2.11. The molecule has 0 radical (unpaired) electrons. The molecule has 0 aliphatic carbocycles. The second-order valence-corrected chi connectivity index (χ2v) is 9.77. The van der Waals surface area contributed by atoms with Crippen molar-refractivity contribution >= 4 is 18.1 Å². The predicted octanol–water partition coefficient (Wildman–Crippen LogP) is 3.38. The molecular formula is C24H39N3O6. The number of ether oxygens (including phenoxy) is 2. The summed E-state index contributed by atoms with van der Waals surface area (Å²) in [6.45, 7) is 11.1. The number of hydrogen-bond acceptors (Lipinski definition) is 6. The van der Waals surface area contributed by atoms with E-state index in [2.05, 4.69) is 16.0 Å². The number of aliphatic hydroxyl groups excluding tert-OH is 1. The van der Waals surface area contributed by atoms with Gasteiger partial charge in [0.05, 0.1) is 6.61 Å². The third kappa shape index (κ3) is 12.7. The van der Waals surface area contributed by atoms with Crippen molar-refractivity contribution < 1.29 is 29.0 Å². The number of unbranched alkanes of at least 4 members (excludes halogenated alkanes) is 1. The van der Waals surface area contributed by atoms with Crippen LogP contribution in [0.5, 0.6) is 0 Å². The van der Waals surface area contributed by atoms with Gasteiger partial charge < -0.3 is 30.5 Å². The van der Waals surface area contributed by atoms with Crippen LogP contribution in [-0.4, -0.2) is 47.0 Å². The van der Waals surface area contributed by atoms with Gasteiger partial charge in [-0.1, -0.05) is 24.3 Å². The molecule has 1 aromatic rings. The summed E-state index contributed by atoms with van der Waals surface area (Å²) < 4.78 is 10.5. The standard InChI is InChI=1S/C24H39N3O6/c1-23(2,3)32-21(30)25-14-10-9-13-19(27-22(31)33-24(4,5)6)20(29)26-15-17-11-7-8-12-18(17)16-28/h7-8,11-12,19,28H,9-10,13-16H2,1-6H3,(H,25,30)(H,26,29)(H,27,31)/t19-/m0/s1. The lowest BCUT2D eigenvalue weighted by Gasteiger charge is -2.23. The van der Waals surface area contributed by atoms with Gasteiger partial charge in [0.25, 0.3) is 0 Å². The lowest BCUT2D eigenvalue weighted by Crippen LogP contribution is -2.48. The molecule has 0 bridgehead atoms. The minimum atomic E-state index is -0.803. The summed E-state index contributed by atoms with van der Waals surface area (Å²) in [6.07, 6.45) is 0.378. The Morgan fingerprint density at radius 3 is 2.03 bits per heavy atom. The van der Waals surface area contributed by atoms with Gasteiger partial charge in [0, 0.05) is 13.1 Å². The maximum absolute atomic E-state index is 12.8. The van der Waals surface area contributed by atoms with E-state index in [1.54, 1.807) is 47.6 Å². The Morgan fingerprint density at radius 2 is 1.45 bits per heavy atom. The number of alkyl carbamates (subject to hydrolysis) is 2. The summed E-state index contributed by atoms with van der Waals surface area (Å²) in [6, 6.07) is 6.45. The molecule has 0 spiro atoms. The van der Waals surface area contributed by atoms with Crippen molar-refractivity contribution in [2.45, 2.75) is 91.2 Å². The van der Waals surface area contributed by atoms with Gasteiger partial charge >= 0.3 is 12.2 Å². The number of nitrogens with one attached hydrogen (secondary N) is 3. The largest absolute Gasteiger partial charge is 0.444 e. The minimum absolute atomic E-state index is 0.129. The highest BCUT2D eigenvalue weighted by molar-refractivity contribution is 5.85. The van der Waals surface area contributed by atoms with Crippen molar-refractivity contribution in [1.29, 1.82) is 0 Å². The van der Waals surface area contributed by atoms with Gasteiger partial charge in [0.2, 0.25) is 5.91 Å². The van der Waals surface area contributed by atoms with Crippen molar-refractivity contribution in [3.63, 3.8) is 0 Å². The van der Waals surface area contributed by atoms with E-state index in [4.69, 9.17) is 9.47 Å². The number of hydrogen-bond donors (Lipinski definition) is 4. The summed E-state index contributed by atoms with van der Waals surface area (Å²) in [7, 11) is 0. The summed E-state index contributed by atoms with van der Waals surface area (Å²) >= 11 is 0. The molecule has 4 N–H and O–H groups in total. The fourth-order valence-electron chi connectivity index (χ4n) is 2.89. The van der Waals surface area contributed by atoms with Gasteiger partial charge in [-0.25, -0.2) is 9.59 Å². The second kappa shape index (κ2) is 13.0. The molecule has 0 aliphatic rings. The molecule has 0 heterocycles. The van der Waals surface area contributed by atoms with E-state index in [1.807, 2.05) is 18.2 Å². The molecule has 1 aromatic carbocycles. The minimum Gasteiger partial charge on any atom is -0.444 e. The first-order valence-corrected chi connectivity index (χ1v) is 11.2. The Kier molecular flexibility index (Phi) is 11.1. The van der Waals surface area contributed by atoms with Crippen molar-refractivity contribution in [3.05, 3.63) is 35.4 Å². The van der Waals surface area contributed by atoms with E-state index in [9.17, 15) is 19.5 Å². The normalized spacial score (nSPS) is 12.5.